The highest BCUT2D eigenvalue weighted by molar-refractivity contribution is 5.87. The molecular formula is C19H30O2. The fraction of sp³-hybridized carbons (Fsp3) is 0.947. The number of rotatable bonds is 0. The first-order valence-corrected chi connectivity index (χ1v) is 9.18. The van der Waals surface area contributed by atoms with Crippen molar-refractivity contribution in [3.8, 4) is 0 Å². The molecule has 0 aromatic heterocycles. The molecule has 0 heterocycles. The Morgan fingerprint density at radius 2 is 1.86 bits per heavy atom. The molecule has 7 atom stereocenters. The van der Waals surface area contributed by atoms with Gasteiger partial charge in [0.1, 0.15) is 5.78 Å². The first kappa shape index (κ1) is 14.2. The molecule has 4 saturated carbocycles. The molecule has 0 spiro atoms. The molecule has 4 aliphatic rings. The van der Waals surface area contributed by atoms with Crippen LogP contribution in [0.1, 0.15) is 71.6 Å². The van der Waals surface area contributed by atoms with Crippen LogP contribution in [0.15, 0.2) is 0 Å². The van der Waals surface area contributed by atoms with E-state index < -0.39 is 0 Å². The van der Waals surface area contributed by atoms with Gasteiger partial charge < -0.3 is 5.11 Å². The molecule has 0 radical (unpaired) electrons. The van der Waals surface area contributed by atoms with Crippen molar-refractivity contribution >= 4 is 5.78 Å². The number of fused-ring (bicyclic) bond motifs is 5. The maximum absolute atomic E-state index is 12.4. The Kier molecular flexibility index (Phi) is 3.10. The van der Waals surface area contributed by atoms with E-state index in [0.29, 0.717) is 29.0 Å². The van der Waals surface area contributed by atoms with Crippen LogP contribution in [0, 0.1) is 34.5 Å². The van der Waals surface area contributed by atoms with Gasteiger partial charge in [0, 0.05) is 11.8 Å². The molecule has 4 aliphatic carbocycles. The molecule has 21 heavy (non-hydrogen) atoms. The lowest BCUT2D eigenvalue weighted by molar-refractivity contribution is -0.163. The van der Waals surface area contributed by atoms with Gasteiger partial charge in [0.2, 0.25) is 0 Å². The summed E-state index contributed by atoms with van der Waals surface area (Å²) >= 11 is 0. The SMILES string of the molecule is C[C@]12CCCCC1CC(O)C1C2CC[C@]2(C)C(=O)CCC12. The minimum absolute atomic E-state index is 0.111. The molecule has 0 aliphatic heterocycles. The van der Waals surface area contributed by atoms with E-state index in [1.54, 1.807) is 0 Å². The first-order chi connectivity index (χ1) is 9.97. The Morgan fingerprint density at radius 1 is 1.05 bits per heavy atom. The first-order valence-electron chi connectivity index (χ1n) is 9.18. The second-order valence-corrected chi connectivity index (χ2v) is 8.96. The van der Waals surface area contributed by atoms with Gasteiger partial charge in [-0.1, -0.05) is 26.7 Å². The number of ketones is 1. The molecular weight excluding hydrogens is 260 g/mol. The van der Waals surface area contributed by atoms with Gasteiger partial charge in [-0.3, -0.25) is 4.79 Å². The van der Waals surface area contributed by atoms with E-state index in [-0.39, 0.29) is 11.5 Å². The van der Waals surface area contributed by atoms with Gasteiger partial charge in [0.15, 0.2) is 0 Å². The van der Waals surface area contributed by atoms with E-state index in [2.05, 4.69) is 13.8 Å². The summed E-state index contributed by atoms with van der Waals surface area (Å²) in [5.41, 5.74) is 0.328. The van der Waals surface area contributed by atoms with E-state index >= 15 is 0 Å². The van der Waals surface area contributed by atoms with Gasteiger partial charge in [0.05, 0.1) is 6.10 Å². The average Bonchev–Trinajstić information content (AvgIpc) is 2.76. The molecule has 2 heteroatoms. The summed E-state index contributed by atoms with van der Waals surface area (Å²) < 4.78 is 0. The van der Waals surface area contributed by atoms with Crippen LogP contribution in [0.2, 0.25) is 0 Å². The molecule has 4 rings (SSSR count). The quantitative estimate of drug-likeness (QED) is 0.733. The van der Waals surface area contributed by atoms with E-state index in [9.17, 15) is 9.90 Å². The van der Waals surface area contributed by atoms with Gasteiger partial charge in [0.25, 0.3) is 0 Å². The number of carbonyl (C=O) groups is 1. The maximum Gasteiger partial charge on any atom is 0.139 e. The Balaban J connectivity index is 1.71. The van der Waals surface area contributed by atoms with Gasteiger partial charge in [-0.05, 0) is 67.6 Å². The lowest BCUT2D eigenvalue weighted by Gasteiger charge is -2.61. The van der Waals surface area contributed by atoms with Crippen molar-refractivity contribution in [1.82, 2.24) is 0 Å². The zero-order valence-electron chi connectivity index (χ0n) is 13.6. The summed E-state index contributed by atoms with van der Waals surface area (Å²) in [4.78, 5) is 12.4. The molecule has 5 unspecified atom stereocenters. The topological polar surface area (TPSA) is 37.3 Å². The minimum Gasteiger partial charge on any atom is -0.393 e. The highest BCUT2D eigenvalue weighted by Gasteiger charge is 2.61. The maximum atomic E-state index is 12.4. The van der Waals surface area contributed by atoms with Gasteiger partial charge in [-0.15, -0.1) is 0 Å². The minimum atomic E-state index is -0.151. The number of carbonyl (C=O) groups excluding carboxylic acids is 1. The van der Waals surface area contributed by atoms with Crippen LogP contribution in [-0.4, -0.2) is 17.0 Å². The molecule has 1 N–H and O–H groups in total. The fourth-order valence-electron chi connectivity index (χ4n) is 7.03. The van der Waals surface area contributed by atoms with E-state index in [0.717, 1.165) is 31.6 Å². The summed E-state index contributed by atoms with van der Waals surface area (Å²) in [7, 11) is 0. The molecule has 2 nitrogen and oxygen atoms in total. The second kappa shape index (κ2) is 4.57. The molecule has 0 aromatic carbocycles. The third-order valence-corrected chi connectivity index (χ3v) is 8.31. The second-order valence-electron chi connectivity index (χ2n) is 8.96. The highest BCUT2D eigenvalue weighted by atomic mass is 16.3. The van der Waals surface area contributed by atoms with Crippen molar-refractivity contribution in [2.24, 2.45) is 34.5 Å². The van der Waals surface area contributed by atoms with Crippen molar-refractivity contribution < 1.29 is 9.90 Å². The third-order valence-electron chi connectivity index (χ3n) is 8.31. The molecule has 0 amide bonds. The number of Topliss-reactive ketones (excluding diaryl/α,β-unsaturated/α-hetero) is 1. The van der Waals surface area contributed by atoms with Gasteiger partial charge in [-0.2, -0.15) is 0 Å². The van der Waals surface area contributed by atoms with Crippen LogP contribution in [-0.2, 0) is 4.79 Å². The summed E-state index contributed by atoms with van der Waals surface area (Å²) in [6.45, 7) is 4.71. The normalized spacial score (nSPS) is 56.5. The van der Waals surface area contributed by atoms with Crippen LogP contribution in [0.5, 0.6) is 0 Å². The number of aliphatic hydroxyl groups is 1. The third kappa shape index (κ3) is 1.77. The molecule has 0 aromatic rings. The molecule has 118 valence electrons. The van der Waals surface area contributed by atoms with Crippen LogP contribution in [0.3, 0.4) is 0 Å². The Bertz CT molecular complexity index is 458. The number of hydrogen-bond donors (Lipinski definition) is 1. The van der Waals surface area contributed by atoms with Crippen LogP contribution in [0.4, 0.5) is 0 Å². The average molecular weight is 290 g/mol. The van der Waals surface area contributed by atoms with Crippen molar-refractivity contribution in [3.05, 3.63) is 0 Å². The van der Waals surface area contributed by atoms with Crippen molar-refractivity contribution in [2.75, 3.05) is 0 Å². The Morgan fingerprint density at radius 3 is 2.67 bits per heavy atom. The van der Waals surface area contributed by atoms with Crippen LogP contribution in [0.25, 0.3) is 0 Å². The standard InChI is InChI=1S/C19H30O2/c1-18-9-4-3-5-12(18)11-15(20)17-13-6-7-16(21)19(13,2)10-8-14(17)18/h12-15,17,20H,3-11H2,1-2H3/t12?,13?,14?,15?,17?,18-,19-/m0/s1. The van der Waals surface area contributed by atoms with Crippen molar-refractivity contribution in [1.29, 1.82) is 0 Å². The van der Waals surface area contributed by atoms with Crippen LogP contribution >= 0.6 is 0 Å². The Labute approximate surface area is 128 Å². The summed E-state index contributed by atoms with van der Waals surface area (Å²) in [5.74, 6) is 2.72. The lowest BCUT2D eigenvalue weighted by atomic mass is 9.44. The Hall–Kier alpha value is -0.370. The zero-order chi connectivity index (χ0) is 14.8. The van der Waals surface area contributed by atoms with Crippen molar-refractivity contribution in [3.63, 3.8) is 0 Å². The molecule has 0 saturated heterocycles. The molecule has 4 fully saturated rings. The zero-order valence-corrected chi connectivity index (χ0v) is 13.6. The predicted octanol–water partition coefficient (Wildman–Crippen LogP) is 3.96. The predicted molar refractivity (Wildman–Crippen MR) is 82.7 cm³/mol. The number of aliphatic hydroxyl groups excluding tert-OH is 1. The van der Waals surface area contributed by atoms with E-state index in [4.69, 9.17) is 0 Å². The summed E-state index contributed by atoms with van der Waals surface area (Å²) in [5, 5.41) is 10.9. The van der Waals surface area contributed by atoms with E-state index in [1.165, 1.54) is 32.1 Å². The smallest absolute Gasteiger partial charge is 0.139 e. The van der Waals surface area contributed by atoms with Crippen molar-refractivity contribution in [2.45, 2.75) is 77.7 Å². The molecule has 0 bridgehead atoms. The lowest BCUT2D eigenvalue weighted by Crippen LogP contribution is -2.57. The fourth-order valence-corrected chi connectivity index (χ4v) is 7.03. The van der Waals surface area contributed by atoms with Gasteiger partial charge in [-0.25, -0.2) is 0 Å². The largest absolute Gasteiger partial charge is 0.393 e. The number of hydrogen-bond acceptors (Lipinski definition) is 2. The highest BCUT2D eigenvalue weighted by Crippen LogP contribution is 2.65. The summed E-state index contributed by atoms with van der Waals surface area (Å²) in [6.07, 6.45) is 10.3. The van der Waals surface area contributed by atoms with E-state index in [1.807, 2.05) is 0 Å². The van der Waals surface area contributed by atoms with Crippen LogP contribution < -0.4 is 0 Å². The monoisotopic (exact) mass is 290 g/mol. The summed E-state index contributed by atoms with van der Waals surface area (Å²) in [6, 6.07) is 0. The van der Waals surface area contributed by atoms with Gasteiger partial charge >= 0.3 is 0 Å².